The molecule has 0 fully saturated rings. The first kappa shape index (κ1) is 16.3. The van der Waals surface area contributed by atoms with Gasteiger partial charge >= 0.3 is 0 Å². The maximum absolute atomic E-state index is 10.9. The highest BCUT2D eigenvalue weighted by molar-refractivity contribution is 9.10. The van der Waals surface area contributed by atoms with Gasteiger partial charge in [0.1, 0.15) is 5.82 Å². The molecule has 1 aromatic heterocycles. The summed E-state index contributed by atoms with van der Waals surface area (Å²) in [6.45, 7) is 2.39. The molecule has 2 aromatic carbocycles. The van der Waals surface area contributed by atoms with Crippen molar-refractivity contribution in [2.24, 2.45) is 0 Å². The Balaban J connectivity index is 2.11. The number of nitrogens with zero attached hydrogens (tertiary/aromatic N) is 2. The van der Waals surface area contributed by atoms with Crippen molar-refractivity contribution in [2.45, 2.75) is 6.92 Å². The van der Waals surface area contributed by atoms with E-state index in [1.165, 1.54) is 12.1 Å². The first-order chi connectivity index (χ1) is 11.5. The SMILES string of the molecule is CCOc1cc(-c2nc3ccc([N+](=O)[O-])cc3[nH]2)cc(Br)c1OC. The van der Waals surface area contributed by atoms with E-state index in [1.807, 2.05) is 19.1 Å². The molecule has 0 saturated carbocycles. The number of hydrogen-bond acceptors (Lipinski definition) is 5. The number of fused-ring (bicyclic) bond motifs is 1. The Labute approximate surface area is 145 Å². The molecule has 24 heavy (non-hydrogen) atoms. The Bertz CT molecular complexity index is 923. The number of hydrogen-bond donors (Lipinski definition) is 1. The summed E-state index contributed by atoms with van der Waals surface area (Å²) in [5, 5.41) is 10.9. The van der Waals surface area contributed by atoms with E-state index >= 15 is 0 Å². The van der Waals surface area contributed by atoms with Crippen LogP contribution in [-0.2, 0) is 0 Å². The molecule has 0 spiro atoms. The minimum absolute atomic E-state index is 0.0172. The number of rotatable bonds is 5. The van der Waals surface area contributed by atoms with Gasteiger partial charge in [-0.1, -0.05) is 0 Å². The number of non-ortho nitro benzene ring substituents is 1. The smallest absolute Gasteiger partial charge is 0.271 e. The number of nitro groups is 1. The van der Waals surface area contributed by atoms with E-state index in [0.29, 0.717) is 35.0 Å². The molecular formula is C16H14BrN3O4. The lowest BCUT2D eigenvalue weighted by Gasteiger charge is -2.12. The fraction of sp³-hybridized carbons (Fsp3) is 0.188. The van der Waals surface area contributed by atoms with Gasteiger partial charge in [0.05, 0.1) is 34.1 Å². The molecule has 1 heterocycles. The predicted molar refractivity (Wildman–Crippen MR) is 93.6 cm³/mol. The number of aromatic amines is 1. The van der Waals surface area contributed by atoms with Gasteiger partial charge in [-0.05, 0) is 41.1 Å². The van der Waals surface area contributed by atoms with Crippen molar-refractivity contribution in [2.75, 3.05) is 13.7 Å². The zero-order valence-electron chi connectivity index (χ0n) is 13.0. The Morgan fingerprint density at radius 2 is 2.12 bits per heavy atom. The van der Waals surface area contributed by atoms with E-state index in [4.69, 9.17) is 9.47 Å². The number of imidazole rings is 1. The molecule has 124 valence electrons. The van der Waals surface area contributed by atoms with Crippen molar-refractivity contribution in [1.29, 1.82) is 0 Å². The van der Waals surface area contributed by atoms with Crippen LogP contribution in [0.15, 0.2) is 34.8 Å². The van der Waals surface area contributed by atoms with E-state index < -0.39 is 4.92 Å². The number of aromatic nitrogens is 2. The fourth-order valence-corrected chi connectivity index (χ4v) is 3.02. The van der Waals surface area contributed by atoms with Crippen LogP contribution in [0.25, 0.3) is 22.4 Å². The number of benzene rings is 2. The van der Waals surface area contributed by atoms with E-state index in [-0.39, 0.29) is 5.69 Å². The second kappa shape index (κ2) is 6.48. The molecule has 0 aliphatic rings. The van der Waals surface area contributed by atoms with Crippen LogP contribution < -0.4 is 9.47 Å². The summed E-state index contributed by atoms with van der Waals surface area (Å²) in [6, 6.07) is 8.19. The molecule has 3 aromatic rings. The summed E-state index contributed by atoms with van der Waals surface area (Å²) in [7, 11) is 1.57. The van der Waals surface area contributed by atoms with Crippen LogP contribution in [0.1, 0.15) is 6.92 Å². The van der Waals surface area contributed by atoms with E-state index in [2.05, 4.69) is 25.9 Å². The quantitative estimate of drug-likeness (QED) is 0.516. The molecule has 0 aliphatic heterocycles. The zero-order valence-corrected chi connectivity index (χ0v) is 14.6. The largest absolute Gasteiger partial charge is 0.492 e. The standard InChI is InChI=1S/C16H14BrN3O4/c1-3-24-14-7-9(6-11(17)15(14)23-2)16-18-12-5-4-10(20(21)22)8-13(12)19-16/h4-8H,3H2,1-2H3,(H,18,19). The maximum Gasteiger partial charge on any atom is 0.271 e. The Kier molecular flexibility index (Phi) is 4.39. The van der Waals surface area contributed by atoms with Crippen molar-refractivity contribution in [3.63, 3.8) is 0 Å². The highest BCUT2D eigenvalue weighted by atomic mass is 79.9. The van der Waals surface area contributed by atoms with E-state index in [9.17, 15) is 10.1 Å². The summed E-state index contributed by atoms with van der Waals surface area (Å²) in [5.41, 5.74) is 2.05. The van der Waals surface area contributed by atoms with Gasteiger partial charge < -0.3 is 14.5 Å². The van der Waals surface area contributed by atoms with Crippen LogP contribution in [0, 0.1) is 10.1 Å². The summed E-state index contributed by atoms with van der Waals surface area (Å²) < 4.78 is 11.7. The summed E-state index contributed by atoms with van der Waals surface area (Å²) in [4.78, 5) is 18.0. The average Bonchev–Trinajstić information content (AvgIpc) is 2.98. The molecule has 0 atom stereocenters. The number of nitrogens with one attached hydrogen (secondary N) is 1. The third-order valence-electron chi connectivity index (χ3n) is 3.46. The van der Waals surface area contributed by atoms with Gasteiger partial charge in [0, 0.05) is 17.7 Å². The Morgan fingerprint density at radius 3 is 2.79 bits per heavy atom. The van der Waals surface area contributed by atoms with Crippen LogP contribution in [0.3, 0.4) is 0 Å². The van der Waals surface area contributed by atoms with Gasteiger partial charge in [0.15, 0.2) is 11.5 Å². The highest BCUT2D eigenvalue weighted by Crippen LogP contribution is 2.39. The number of halogens is 1. The summed E-state index contributed by atoms with van der Waals surface area (Å²) in [6.07, 6.45) is 0. The van der Waals surface area contributed by atoms with E-state index in [1.54, 1.807) is 13.2 Å². The minimum atomic E-state index is -0.433. The average molecular weight is 392 g/mol. The van der Waals surface area contributed by atoms with Gasteiger partial charge in [-0.3, -0.25) is 10.1 Å². The lowest BCUT2D eigenvalue weighted by molar-refractivity contribution is -0.384. The summed E-state index contributed by atoms with van der Waals surface area (Å²) in [5.74, 6) is 1.79. The first-order valence-electron chi connectivity index (χ1n) is 7.18. The van der Waals surface area contributed by atoms with Crippen LogP contribution in [-0.4, -0.2) is 28.6 Å². The third kappa shape index (κ3) is 2.92. The molecular weight excluding hydrogens is 378 g/mol. The third-order valence-corrected chi connectivity index (χ3v) is 4.05. The Morgan fingerprint density at radius 1 is 1.33 bits per heavy atom. The highest BCUT2D eigenvalue weighted by Gasteiger charge is 2.15. The normalized spacial score (nSPS) is 10.8. The number of ether oxygens (including phenoxy) is 2. The molecule has 0 bridgehead atoms. The van der Waals surface area contributed by atoms with Gasteiger partial charge in [0.2, 0.25) is 0 Å². The first-order valence-corrected chi connectivity index (χ1v) is 7.97. The maximum atomic E-state index is 10.9. The molecule has 3 rings (SSSR count). The molecule has 0 amide bonds. The molecule has 0 aliphatic carbocycles. The minimum Gasteiger partial charge on any atom is -0.492 e. The molecule has 7 nitrogen and oxygen atoms in total. The second-order valence-corrected chi connectivity index (χ2v) is 5.82. The molecule has 8 heteroatoms. The zero-order chi connectivity index (χ0) is 17.3. The van der Waals surface area contributed by atoms with Gasteiger partial charge in [-0.15, -0.1) is 0 Å². The fourth-order valence-electron chi connectivity index (χ4n) is 2.41. The van der Waals surface area contributed by atoms with Crippen LogP contribution in [0.5, 0.6) is 11.5 Å². The van der Waals surface area contributed by atoms with E-state index in [0.717, 1.165) is 10.0 Å². The lowest BCUT2D eigenvalue weighted by Crippen LogP contribution is -1.97. The van der Waals surface area contributed by atoms with Crippen molar-refractivity contribution in [1.82, 2.24) is 9.97 Å². The van der Waals surface area contributed by atoms with Crippen LogP contribution in [0.4, 0.5) is 5.69 Å². The van der Waals surface area contributed by atoms with Gasteiger partial charge in [-0.25, -0.2) is 4.98 Å². The van der Waals surface area contributed by atoms with Gasteiger partial charge in [-0.2, -0.15) is 0 Å². The number of nitro benzene ring substituents is 1. The predicted octanol–water partition coefficient (Wildman–Crippen LogP) is 4.31. The molecule has 0 radical (unpaired) electrons. The number of H-pyrrole nitrogens is 1. The topological polar surface area (TPSA) is 90.3 Å². The summed E-state index contributed by atoms with van der Waals surface area (Å²) >= 11 is 3.46. The van der Waals surface area contributed by atoms with Crippen molar-refractivity contribution >= 4 is 32.7 Å². The van der Waals surface area contributed by atoms with Crippen molar-refractivity contribution < 1.29 is 14.4 Å². The molecule has 1 N–H and O–H groups in total. The lowest BCUT2D eigenvalue weighted by atomic mass is 10.2. The Hall–Kier alpha value is -2.61. The molecule has 0 unspecified atom stereocenters. The monoisotopic (exact) mass is 391 g/mol. The van der Waals surface area contributed by atoms with Crippen LogP contribution in [0.2, 0.25) is 0 Å². The molecule has 0 saturated heterocycles. The van der Waals surface area contributed by atoms with Crippen LogP contribution >= 0.6 is 15.9 Å². The van der Waals surface area contributed by atoms with Gasteiger partial charge in [0.25, 0.3) is 5.69 Å². The van der Waals surface area contributed by atoms with Crippen molar-refractivity contribution in [3.05, 3.63) is 44.9 Å². The van der Waals surface area contributed by atoms with Crippen molar-refractivity contribution in [3.8, 4) is 22.9 Å². The second-order valence-electron chi connectivity index (χ2n) is 4.97. The number of methoxy groups -OCH3 is 1.